The number of carbonyl (C=O) groups excluding carboxylic acids is 2. The number of amides is 2. The number of hydrogen-bond acceptors (Lipinski definition) is 3. The second-order valence-electron chi connectivity index (χ2n) is 8.46. The highest BCUT2D eigenvalue weighted by Gasteiger charge is 2.26. The van der Waals surface area contributed by atoms with Crippen molar-refractivity contribution in [3.05, 3.63) is 63.6 Å². The maximum absolute atomic E-state index is 13.2. The average molecular weight is 503 g/mol. The Bertz CT molecular complexity index is 896. The van der Waals surface area contributed by atoms with Crippen LogP contribution in [-0.2, 0) is 16.1 Å². The summed E-state index contributed by atoms with van der Waals surface area (Å²) in [6.07, 6.45) is 1.91. The van der Waals surface area contributed by atoms with Gasteiger partial charge in [-0.1, -0.05) is 63.1 Å². The van der Waals surface area contributed by atoms with Crippen molar-refractivity contribution in [2.75, 3.05) is 13.2 Å². The predicted molar refractivity (Wildman–Crippen MR) is 133 cm³/mol. The van der Waals surface area contributed by atoms with Gasteiger partial charge in [0.15, 0.2) is 6.61 Å². The number of aryl methyl sites for hydroxylation is 1. The van der Waals surface area contributed by atoms with Gasteiger partial charge in [0.05, 0.1) is 4.47 Å². The minimum absolute atomic E-state index is 0.141. The summed E-state index contributed by atoms with van der Waals surface area (Å²) in [5.41, 5.74) is 3.31. The van der Waals surface area contributed by atoms with Crippen LogP contribution in [0.3, 0.4) is 0 Å². The third-order valence-corrected chi connectivity index (χ3v) is 6.06. The second kappa shape index (κ2) is 12.6. The molecule has 0 saturated carbocycles. The van der Waals surface area contributed by atoms with Crippen LogP contribution >= 0.6 is 15.9 Å². The highest BCUT2D eigenvalue weighted by atomic mass is 79.9. The zero-order chi connectivity index (χ0) is 23.7. The van der Waals surface area contributed by atoms with E-state index in [0.717, 1.165) is 28.4 Å². The Kier molecular flexibility index (Phi) is 10.2. The monoisotopic (exact) mass is 502 g/mol. The maximum Gasteiger partial charge on any atom is 0.261 e. The lowest BCUT2D eigenvalue weighted by Gasteiger charge is -2.29. The van der Waals surface area contributed by atoms with Gasteiger partial charge in [-0.15, -0.1) is 0 Å². The molecule has 0 saturated heterocycles. The smallest absolute Gasteiger partial charge is 0.261 e. The Labute approximate surface area is 200 Å². The molecule has 174 valence electrons. The third kappa shape index (κ3) is 7.66. The van der Waals surface area contributed by atoms with Gasteiger partial charge < -0.3 is 15.0 Å². The third-order valence-electron chi connectivity index (χ3n) is 5.44. The van der Waals surface area contributed by atoms with Gasteiger partial charge in [-0.05, 0) is 65.4 Å². The molecule has 0 radical (unpaired) electrons. The van der Waals surface area contributed by atoms with E-state index in [1.807, 2.05) is 49.4 Å². The van der Waals surface area contributed by atoms with E-state index in [1.54, 1.807) is 11.8 Å². The molecular formula is C26H35BrN2O3. The first-order chi connectivity index (χ1) is 15.2. The van der Waals surface area contributed by atoms with Gasteiger partial charge >= 0.3 is 0 Å². The number of nitrogens with zero attached hydrogens (tertiary/aromatic N) is 1. The summed E-state index contributed by atoms with van der Waals surface area (Å²) >= 11 is 3.54. The van der Waals surface area contributed by atoms with Crippen molar-refractivity contribution < 1.29 is 14.3 Å². The molecule has 0 aliphatic carbocycles. The van der Waals surface area contributed by atoms with Crippen LogP contribution in [0.4, 0.5) is 0 Å². The van der Waals surface area contributed by atoms with Crippen molar-refractivity contribution in [1.29, 1.82) is 0 Å². The van der Waals surface area contributed by atoms with E-state index in [2.05, 4.69) is 42.0 Å². The summed E-state index contributed by atoms with van der Waals surface area (Å²) in [4.78, 5) is 27.4. The number of nitrogens with one attached hydrogen (secondary N) is 1. The molecule has 32 heavy (non-hydrogen) atoms. The van der Waals surface area contributed by atoms with Gasteiger partial charge in [0.25, 0.3) is 5.91 Å². The molecule has 0 aliphatic heterocycles. The molecule has 0 bridgehead atoms. The molecule has 5 nitrogen and oxygen atoms in total. The Morgan fingerprint density at radius 1 is 1.09 bits per heavy atom. The zero-order valence-electron chi connectivity index (χ0n) is 19.8. The maximum atomic E-state index is 13.2. The molecule has 6 heteroatoms. The van der Waals surface area contributed by atoms with Crippen LogP contribution in [-0.4, -0.2) is 35.9 Å². The molecule has 1 atom stereocenters. The zero-order valence-corrected chi connectivity index (χ0v) is 21.4. The lowest BCUT2D eigenvalue weighted by molar-refractivity contribution is -0.142. The number of halogens is 1. The highest BCUT2D eigenvalue weighted by molar-refractivity contribution is 9.10. The molecule has 0 aliphatic rings. The van der Waals surface area contributed by atoms with Crippen LogP contribution < -0.4 is 10.1 Å². The Morgan fingerprint density at radius 2 is 1.78 bits per heavy atom. The first-order valence-electron chi connectivity index (χ1n) is 11.3. The quantitative estimate of drug-likeness (QED) is 0.407. The lowest BCUT2D eigenvalue weighted by atomic mass is 10.0. The van der Waals surface area contributed by atoms with Gasteiger partial charge in [-0.3, -0.25) is 9.59 Å². The number of benzene rings is 2. The van der Waals surface area contributed by atoms with Crippen molar-refractivity contribution in [3.8, 4) is 5.75 Å². The van der Waals surface area contributed by atoms with Crippen LogP contribution in [0.5, 0.6) is 5.75 Å². The van der Waals surface area contributed by atoms with Crippen molar-refractivity contribution in [3.63, 3.8) is 0 Å². The molecule has 2 amide bonds. The topological polar surface area (TPSA) is 58.6 Å². The van der Waals surface area contributed by atoms with E-state index in [0.29, 0.717) is 24.8 Å². The summed E-state index contributed by atoms with van der Waals surface area (Å²) in [6.45, 7) is 10.9. The fourth-order valence-corrected chi connectivity index (χ4v) is 3.74. The number of unbranched alkanes of at least 4 members (excludes halogenated alkanes) is 1. The highest BCUT2D eigenvalue weighted by Crippen LogP contribution is 2.29. The molecule has 0 fully saturated rings. The standard InChI is InChI=1S/C26H35BrN2O3/c1-6-7-14-28-26(31)20(5)29(16-21-10-8-19(4)9-11-21)25(30)17-32-24-13-12-22(18(2)3)15-23(24)27/h8-13,15,18,20H,6-7,14,16-17H2,1-5H3,(H,28,31)/t20-/m1/s1. The first kappa shape index (κ1) is 25.9. The summed E-state index contributed by atoms with van der Waals surface area (Å²) in [6, 6.07) is 13.3. The van der Waals surface area contributed by atoms with Gasteiger partial charge in [0.2, 0.25) is 5.91 Å². The Morgan fingerprint density at radius 3 is 2.38 bits per heavy atom. The minimum atomic E-state index is -0.601. The minimum Gasteiger partial charge on any atom is -0.483 e. The van der Waals surface area contributed by atoms with Crippen molar-refractivity contribution >= 4 is 27.7 Å². The van der Waals surface area contributed by atoms with E-state index in [4.69, 9.17) is 4.74 Å². The molecule has 2 aromatic rings. The van der Waals surface area contributed by atoms with Crippen LogP contribution in [0.1, 0.15) is 63.1 Å². The molecule has 1 N–H and O–H groups in total. The average Bonchev–Trinajstić information content (AvgIpc) is 2.77. The van der Waals surface area contributed by atoms with Crippen molar-refractivity contribution in [2.45, 2.75) is 66.0 Å². The molecule has 0 aromatic heterocycles. The molecule has 0 unspecified atom stereocenters. The Hall–Kier alpha value is -2.34. The number of rotatable bonds is 11. The predicted octanol–water partition coefficient (Wildman–Crippen LogP) is 5.59. The molecule has 2 rings (SSSR count). The summed E-state index contributed by atoms with van der Waals surface area (Å²) in [5, 5.41) is 2.93. The van der Waals surface area contributed by atoms with E-state index in [9.17, 15) is 9.59 Å². The number of ether oxygens (including phenoxy) is 1. The molecular weight excluding hydrogens is 468 g/mol. The number of hydrogen-bond donors (Lipinski definition) is 1. The molecule has 2 aromatic carbocycles. The van der Waals surface area contributed by atoms with Gasteiger partial charge in [-0.25, -0.2) is 0 Å². The fourth-order valence-electron chi connectivity index (χ4n) is 3.22. The van der Waals surface area contributed by atoms with Gasteiger partial charge in [0.1, 0.15) is 11.8 Å². The van der Waals surface area contributed by atoms with Crippen molar-refractivity contribution in [1.82, 2.24) is 10.2 Å². The fraction of sp³-hybridized carbons (Fsp3) is 0.462. The van der Waals surface area contributed by atoms with E-state index < -0.39 is 6.04 Å². The van der Waals surface area contributed by atoms with E-state index >= 15 is 0 Å². The van der Waals surface area contributed by atoms with Crippen LogP contribution in [0.25, 0.3) is 0 Å². The SMILES string of the molecule is CCCCNC(=O)[C@@H](C)N(Cc1ccc(C)cc1)C(=O)COc1ccc(C(C)C)cc1Br. The van der Waals surface area contributed by atoms with Gasteiger partial charge in [-0.2, -0.15) is 0 Å². The van der Waals surface area contributed by atoms with Crippen LogP contribution in [0.2, 0.25) is 0 Å². The summed E-state index contributed by atoms with van der Waals surface area (Å²) < 4.78 is 6.64. The van der Waals surface area contributed by atoms with Crippen LogP contribution in [0.15, 0.2) is 46.9 Å². The van der Waals surface area contributed by atoms with E-state index in [-0.39, 0.29) is 18.4 Å². The largest absolute Gasteiger partial charge is 0.483 e. The summed E-state index contributed by atoms with van der Waals surface area (Å²) in [5.74, 6) is 0.627. The van der Waals surface area contributed by atoms with Crippen LogP contribution in [0, 0.1) is 6.92 Å². The normalized spacial score (nSPS) is 11.8. The summed E-state index contributed by atoms with van der Waals surface area (Å²) in [7, 11) is 0. The first-order valence-corrected chi connectivity index (χ1v) is 12.1. The molecule has 0 spiro atoms. The van der Waals surface area contributed by atoms with E-state index in [1.165, 1.54) is 5.56 Å². The second-order valence-corrected chi connectivity index (χ2v) is 9.32. The van der Waals surface area contributed by atoms with Gasteiger partial charge in [0, 0.05) is 13.1 Å². The Balaban J connectivity index is 2.13. The number of carbonyl (C=O) groups is 2. The van der Waals surface area contributed by atoms with Crippen molar-refractivity contribution in [2.24, 2.45) is 0 Å². The molecule has 0 heterocycles. The lowest BCUT2D eigenvalue weighted by Crippen LogP contribution is -2.49.